The van der Waals surface area contributed by atoms with Crippen LogP contribution in [0.15, 0.2) is 12.1 Å². The summed E-state index contributed by atoms with van der Waals surface area (Å²) >= 11 is 17.9. The van der Waals surface area contributed by atoms with Gasteiger partial charge in [-0.25, -0.2) is 0 Å². The summed E-state index contributed by atoms with van der Waals surface area (Å²) in [4.78, 5) is 28.6. The molecule has 0 atom stereocenters. The molecule has 5 nitrogen and oxygen atoms in total. The number of carbonyl (C=O) groups excluding carboxylic acids is 2. The molecular formula is C18H24Cl3N3O2. The van der Waals surface area contributed by atoms with Gasteiger partial charge in [-0.15, -0.1) is 0 Å². The lowest BCUT2D eigenvalue weighted by atomic mass is 9.95. The molecule has 0 radical (unpaired) electrons. The van der Waals surface area contributed by atoms with Crippen LogP contribution < -0.4 is 5.32 Å². The smallest absolute Gasteiger partial charge is 0.238 e. The summed E-state index contributed by atoms with van der Waals surface area (Å²) in [7, 11) is 0. The van der Waals surface area contributed by atoms with E-state index in [0.717, 1.165) is 39.0 Å². The molecular weight excluding hydrogens is 397 g/mol. The maximum Gasteiger partial charge on any atom is 0.238 e. The van der Waals surface area contributed by atoms with Gasteiger partial charge in [-0.3, -0.25) is 14.5 Å². The summed E-state index contributed by atoms with van der Waals surface area (Å²) in [5, 5.41) is 3.79. The minimum atomic E-state index is -0.168. The highest BCUT2D eigenvalue weighted by molar-refractivity contribution is 6.44. The number of amides is 2. The van der Waals surface area contributed by atoms with Gasteiger partial charge in [0.15, 0.2) is 0 Å². The lowest BCUT2D eigenvalue weighted by Crippen LogP contribution is -2.44. The van der Waals surface area contributed by atoms with Gasteiger partial charge in [-0.1, -0.05) is 34.8 Å². The van der Waals surface area contributed by atoms with E-state index in [1.165, 1.54) is 6.07 Å². The third kappa shape index (κ3) is 5.49. The van der Waals surface area contributed by atoms with Crippen molar-refractivity contribution in [3.05, 3.63) is 27.2 Å². The molecule has 1 heterocycles. The summed E-state index contributed by atoms with van der Waals surface area (Å²) < 4.78 is 0. The van der Waals surface area contributed by atoms with Crippen LogP contribution in [0, 0.1) is 5.92 Å². The number of nitrogens with zero attached hydrogens (tertiary/aromatic N) is 2. The van der Waals surface area contributed by atoms with Crippen molar-refractivity contribution in [2.45, 2.75) is 26.7 Å². The second kappa shape index (κ2) is 9.79. The van der Waals surface area contributed by atoms with Gasteiger partial charge in [-0.05, 0) is 51.9 Å². The third-order valence-electron chi connectivity index (χ3n) is 4.66. The van der Waals surface area contributed by atoms with E-state index >= 15 is 0 Å². The van der Waals surface area contributed by atoms with Gasteiger partial charge < -0.3 is 10.2 Å². The van der Waals surface area contributed by atoms with Crippen LogP contribution in [0.25, 0.3) is 0 Å². The summed E-state index contributed by atoms with van der Waals surface area (Å²) in [6, 6.07) is 3.05. The molecule has 1 fully saturated rings. The number of halogens is 3. The molecule has 1 N–H and O–H groups in total. The number of carbonyl (C=O) groups is 2. The van der Waals surface area contributed by atoms with Gasteiger partial charge in [-0.2, -0.15) is 0 Å². The topological polar surface area (TPSA) is 52.7 Å². The quantitative estimate of drug-likeness (QED) is 0.703. The van der Waals surface area contributed by atoms with E-state index in [1.54, 1.807) is 6.07 Å². The molecule has 2 rings (SSSR count). The summed E-state index contributed by atoms with van der Waals surface area (Å²) in [5.41, 5.74) is 0.442. The molecule has 144 valence electrons. The van der Waals surface area contributed by atoms with Crippen LogP contribution in [0.2, 0.25) is 15.1 Å². The molecule has 26 heavy (non-hydrogen) atoms. The fraction of sp³-hybridized carbons (Fsp3) is 0.556. The highest BCUT2D eigenvalue weighted by atomic mass is 35.5. The summed E-state index contributed by atoms with van der Waals surface area (Å²) in [5.74, 6) is 0.110. The van der Waals surface area contributed by atoms with Crippen molar-refractivity contribution in [3.63, 3.8) is 0 Å². The van der Waals surface area contributed by atoms with Crippen LogP contribution in [0.4, 0.5) is 5.69 Å². The largest absolute Gasteiger partial charge is 0.343 e. The number of rotatable bonds is 6. The van der Waals surface area contributed by atoms with Crippen LogP contribution in [0.5, 0.6) is 0 Å². The minimum absolute atomic E-state index is 0.0544. The van der Waals surface area contributed by atoms with Crippen LogP contribution >= 0.6 is 34.8 Å². The lowest BCUT2D eigenvalue weighted by Gasteiger charge is -2.33. The van der Waals surface area contributed by atoms with Crippen molar-refractivity contribution in [2.24, 2.45) is 5.92 Å². The molecule has 0 aliphatic carbocycles. The minimum Gasteiger partial charge on any atom is -0.343 e. The zero-order valence-corrected chi connectivity index (χ0v) is 17.3. The van der Waals surface area contributed by atoms with Gasteiger partial charge in [0.2, 0.25) is 11.8 Å². The van der Waals surface area contributed by atoms with Gasteiger partial charge in [0.25, 0.3) is 0 Å². The number of piperidine rings is 1. The first-order valence-electron chi connectivity index (χ1n) is 8.81. The molecule has 1 aliphatic rings. The summed E-state index contributed by atoms with van der Waals surface area (Å²) in [6.45, 7) is 7.16. The molecule has 0 aromatic heterocycles. The number of benzene rings is 1. The van der Waals surface area contributed by atoms with Crippen molar-refractivity contribution >= 4 is 52.3 Å². The Balaban J connectivity index is 1.85. The van der Waals surface area contributed by atoms with E-state index in [4.69, 9.17) is 34.8 Å². The average Bonchev–Trinajstić information content (AvgIpc) is 2.61. The maximum absolute atomic E-state index is 12.4. The molecule has 0 bridgehead atoms. The maximum atomic E-state index is 12.4. The van der Waals surface area contributed by atoms with Crippen LogP contribution in [0.3, 0.4) is 0 Å². The van der Waals surface area contributed by atoms with Crippen LogP contribution in [-0.4, -0.2) is 54.3 Å². The van der Waals surface area contributed by atoms with E-state index in [-0.39, 0.29) is 24.3 Å². The van der Waals surface area contributed by atoms with E-state index in [0.29, 0.717) is 20.8 Å². The molecule has 8 heteroatoms. The molecule has 1 aromatic carbocycles. The lowest BCUT2D eigenvalue weighted by molar-refractivity contribution is -0.136. The third-order valence-corrected chi connectivity index (χ3v) is 5.70. The number of anilines is 1. The fourth-order valence-corrected chi connectivity index (χ4v) is 3.74. The average molecular weight is 421 g/mol. The molecule has 2 amide bonds. The number of hydrogen-bond donors (Lipinski definition) is 1. The SMILES string of the molecule is CCN(CC)C(=O)C1CCN(CC(=O)Nc2cc(Cl)c(Cl)cc2Cl)CC1. The van der Waals surface area contributed by atoms with Crippen LogP contribution in [-0.2, 0) is 9.59 Å². The highest BCUT2D eigenvalue weighted by Gasteiger charge is 2.28. The predicted molar refractivity (Wildman–Crippen MR) is 107 cm³/mol. The van der Waals surface area contributed by atoms with Crippen LogP contribution in [0.1, 0.15) is 26.7 Å². The van der Waals surface area contributed by atoms with Gasteiger partial charge in [0.1, 0.15) is 0 Å². The van der Waals surface area contributed by atoms with E-state index in [1.807, 2.05) is 23.6 Å². The molecule has 0 unspecified atom stereocenters. The van der Waals surface area contributed by atoms with Crippen molar-refractivity contribution in [1.82, 2.24) is 9.80 Å². The predicted octanol–water partition coefficient (Wildman–Crippen LogP) is 4.17. The second-order valence-electron chi connectivity index (χ2n) is 6.36. The fourth-order valence-electron chi connectivity index (χ4n) is 3.14. The Hall–Kier alpha value is -1.01. The van der Waals surface area contributed by atoms with Crippen molar-refractivity contribution in [2.75, 3.05) is 38.0 Å². The Morgan fingerprint density at radius 1 is 1.08 bits per heavy atom. The number of nitrogens with one attached hydrogen (secondary N) is 1. The molecule has 1 aliphatic heterocycles. The Labute approximate surface area is 169 Å². The van der Waals surface area contributed by atoms with E-state index in [9.17, 15) is 9.59 Å². The molecule has 0 spiro atoms. The van der Waals surface area contributed by atoms with Crippen molar-refractivity contribution in [1.29, 1.82) is 0 Å². The monoisotopic (exact) mass is 419 g/mol. The van der Waals surface area contributed by atoms with Gasteiger partial charge in [0.05, 0.1) is 27.3 Å². The van der Waals surface area contributed by atoms with Gasteiger partial charge >= 0.3 is 0 Å². The normalized spacial score (nSPS) is 15.7. The highest BCUT2D eigenvalue weighted by Crippen LogP contribution is 2.32. The first kappa shape index (κ1) is 21.3. The second-order valence-corrected chi connectivity index (χ2v) is 7.58. The first-order chi connectivity index (χ1) is 12.3. The Morgan fingerprint density at radius 3 is 2.23 bits per heavy atom. The van der Waals surface area contributed by atoms with E-state index < -0.39 is 0 Å². The zero-order chi connectivity index (χ0) is 19.3. The molecule has 1 saturated heterocycles. The Kier molecular flexibility index (Phi) is 8.02. The Morgan fingerprint density at radius 2 is 1.65 bits per heavy atom. The molecule has 1 aromatic rings. The molecule has 0 saturated carbocycles. The first-order valence-corrected chi connectivity index (χ1v) is 9.94. The van der Waals surface area contributed by atoms with E-state index in [2.05, 4.69) is 5.32 Å². The zero-order valence-electron chi connectivity index (χ0n) is 15.0. The number of likely N-dealkylation sites (tertiary alicyclic amines) is 1. The summed E-state index contributed by atoms with van der Waals surface area (Å²) in [6.07, 6.45) is 1.55. The van der Waals surface area contributed by atoms with Gasteiger partial charge in [0, 0.05) is 19.0 Å². The standard InChI is InChI=1S/C18H24Cl3N3O2/c1-3-24(4-2)18(26)12-5-7-23(8-6-12)11-17(25)22-16-10-14(20)13(19)9-15(16)21/h9-10,12H,3-8,11H2,1-2H3,(H,22,25). The Bertz CT molecular complexity index is 657. The van der Waals surface area contributed by atoms with Crippen molar-refractivity contribution in [3.8, 4) is 0 Å². The number of hydrogen-bond acceptors (Lipinski definition) is 3. The van der Waals surface area contributed by atoms with Crippen molar-refractivity contribution < 1.29 is 9.59 Å².